The fourth-order valence-corrected chi connectivity index (χ4v) is 3.04. The van der Waals surface area contributed by atoms with Crippen LogP contribution in [0, 0.1) is 0 Å². The van der Waals surface area contributed by atoms with Gasteiger partial charge in [-0.1, -0.05) is 31.5 Å². The number of carbonyl (C=O) groups excluding carboxylic acids is 1. The number of nitrogens with one attached hydrogen (secondary N) is 1. The first-order valence-corrected chi connectivity index (χ1v) is 9.74. The molecule has 1 fully saturated rings. The van der Waals surface area contributed by atoms with Gasteiger partial charge in [-0.05, 0) is 56.2 Å². The lowest BCUT2D eigenvalue weighted by molar-refractivity contribution is 0.0541. The molecular weight excluding hydrogens is 362 g/mol. The van der Waals surface area contributed by atoms with Crippen LogP contribution in [0.25, 0.3) is 10.8 Å². The Bertz CT molecular complexity index is 796. The zero-order chi connectivity index (χ0) is 20.2. The number of anilines is 1. The third-order valence-corrected chi connectivity index (χ3v) is 4.51. The van der Waals surface area contributed by atoms with Crippen LogP contribution in [0.5, 0.6) is 0 Å². The molecule has 27 heavy (non-hydrogen) atoms. The van der Waals surface area contributed by atoms with Gasteiger partial charge in [-0.25, -0.2) is 9.78 Å². The molecule has 0 spiro atoms. The summed E-state index contributed by atoms with van der Waals surface area (Å²) >= 11 is 6.05. The van der Waals surface area contributed by atoms with Gasteiger partial charge in [0.25, 0.3) is 0 Å². The van der Waals surface area contributed by atoms with Crippen LogP contribution < -0.4 is 10.2 Å². The molecule has 1 aliphatic rings. The molecule has 1 aromatic carbocycles. The number of pyridine rings is 1. The maximum atomic E-state index is 10.5. The smallest absolute Gasteiger partial charge is 0.407 e. The lowest BCUT2D eigenvalue weighted by Gasteiger charge is -2.34. The van der Waals surface area contributed by atoms with Crippen molar-refractivity contribution >= 4 is 34.2 Å². The third-order valence-electron chi connectivity index (χ3n) is 4.30. The zero-order valence-electron chi connectivity index (χ0n) is 17.1. The van der Waals surface area contributed by atoms with Crippen molar-refractivity contribution in [2.75, 3.05) is 25.0 Å². The van der Waals surface area contributed by atoms with E-state index in [0.717, 1.165) is 13.1 Å². The van der Waals surface area contributed by atoms with Gasteiger partial charge in [0.1, 0.15) is 10.8 Å². The minimum atomic E-state index is -0.389. The number of alkyl carbamates (subject to hydrolysis) is 1. The van der Waals surface area contributed by atoms with Crippen molar-refractivity contribution in [3.8, 4) is 0 Å². The Morgan fingerprint density at radius 2 is 1.93 bits per heavy atom. The van der Waals surface area contributed by atoms with Gasteiger partial charge >= 0.3 is 6.09 Å². The quantitative estimate of drug-likeness (QED) is 0.700. The number of amides is 1. The first-order valence-electron chi connectivity index (χ1n) is 9.36. The Morgan fingerprint density at radius 1 is 1.26 bits per heavy atom. The van der Waals surface area contributed by atoms with E-state index in [1.165, 1.54) is 35.5 Å². The molecule has 1 aliphatic heterocycles. The Hall–Kier alpha value is -2.01. The van der Waals surface area contributed by atoms with Gasteiger partial charge < -0.3 is 15.0 Å². The van der Waals surface area contributed by atoms with Crippen molar-refractivity contribution in [1.82, 2.24) is 10.3 Å². The average molecular weight is 392 g/mol. The Labute approximate surface area is 167 Å². The molecule has 0 aliphatic carbocycles. The van der Waals surface area contributed by atoms with Gasteiger partial charge in [0, 0.05) is 37.4 Å². The third kappa shape index (κ3) is 5.73. The standard InChI is InChI=1S/C15H17ClN2.C6H13NO2/c1-10(2)11-4-5-14(18-6-3-7-18)13-9-17-15(16)8-12(11)13;1-6(2,3)9-5(8)7-4/h4-5,8-10H,3,6-7H2,1-2H3;1-4H3,(H,7,8). The minimum Gasteiger partial charge on any atom is -0.444 e. The topological polar surface area (TPSA) is 54.5 Å². The lowest BCUT2D eigenvalue weighted by Crippen LogP contribution is -2.37. The van der Waals surface area contributed by atoms with Crippen molar-refractivity contribution in [2.45, 2.75) is 52.6 Å². The number of hydrogen-bond acceptors (Lipinski definition) is 4. The minimum absolute atomic E-state index is 0.387. The first kappa shape index (κ1) is 21.3. The van der Waals surface area contributed by atoms with E-state index in [-0.39, 0.29) is 11.7 Å². The number of ether oxygens (including phenoxy) is 1. The van der Waals surface area contributed by atoms with Crippen LogP contribution in [0.3, 0.4) is 0 Å². The molecule has 0 bridgehead atoms. The molecule has 1 N–H and O–H groups in total. The molecule has 6 heteroatoms. The first-order chi connectivity index (χ1) is 12.6. The molecular formula is C21H30ClN3O2. The number of halogens is 1. The van der Waals surface area contributed by atoms with Gasteiger partial charge in [-0.3, -0.25) is 0 Å². The summed E-state index contributed by atoms with van der Waals surface area (Å²) in [4.78, 5) is 17.1. The summed E-state index contributed by atoms with van der Waals surface area (Å²) in [6, 6.07) is 6.46. The number of hydrogen-bond donors (Lipinski definition) is 1. The van der Waals surface area contributed by atoms with Crippen LogP contribution in [0.15, 0.2) is 24.4 Å². The van der Waals surface area contributed by atoms with Gasteiger partial charge in [0.05, 0.1) is 0 Å². The summed E-state index contributed by atoms with van der Waals surface area (Å²) in [5, 5.41) is 5.41. The Balaban J connectivity index is 0.000000249. The summed E-state index contributed by atoms with van der Waals surface area (Å²) in [5.74, 6) is 0.497. The molecule has 0 atom stereocenters. The van der Waals surface area contributed by atoms with Gasteiger partial charge in [-0.15, -0.1) is 0 Å². The molecule has 148 valence electrons. The number of rotatable bonds is 2. The van der Waals surface area contributed by atoms with Crippen LogP contribution in [0.2, 0.25) is 5.15 Å². The molecule has 2 heterocycles. The van der Waals surface area contributed by atoms with Gasteiger partial charge in [0.15, 0.2) is 0 Å². The largest absolute Gasteiger partial charge is 0.444 e. The van der Waals surface area contributed by atoms with E-state index in [1.807, 2.05) is 33.0 Å². The van der Waals surface area contributed by atoms with E-state index >= 15 is 0 Å². The highest BCUT2D eigenvalue weighted by atomic mass is 35.5. The second-order valence-corrected chi connectivity index (χ2v) is 8.36. The number of fused-ring (bicyclic) bond motifs is 1. The lowest BCUT2D eigenvalue weighted by atomic mass is 9.95. The van der Waals surface area contributed by atoms with Crippen molar-refractivity contribution in [3.63, 3.8) is 0 Å². The molecule has 1 amide bonds. The molecule has 5 nitrogen and oxygen atoms in total. The molecule has 0 unspecified atom stereocenters. The van der Waals surface area contributed by atoms with E-state index in [4.69, 9.17) is 16.3 Å². The van der Waals surface area contributed by atoms with Crippen LogP contribution >= 0.6 is 11.6 Å². The second-order valence-electron chi connectivity index (χ2n) is 7.97. The SMILES string of the molecule is CC(C)c1ccc(N2CCC2)c2cnc(Cl)cc12.CNC(=O)OC(C)(C)C. The fraction of sp³-hybridized carbons (Fsp3) is 0.524. The normalized spacial score (nSPS) is 13.7. The van der Waals surface area contributed by atoms with E-state index < -0.39 is 0 Å². The van der Waals surface area contributed by atoms with Gasteiger partial charge in [0.2, 0.25) is 0 Å². The van der Waals surface area contributed by atoms with Gasteiger partial charge in [-0.2, -0.15) is 0 Å². The zero-order valence-corrected chi connectivity index (χ0v) is 17.9. The highest BCUT2D eigenvalue weighted by molar-refractivity contribution is 6.30. The van der Waals surface area contributed by atoms with Crippen LogP contribution in [-0.2, 0) is 4.74 Å². The molecule has 0 saturated carbocycles. The average Bonchev–Trinajstić information content (AvgIpc) is 2.51. The van der Waals surface area contributed by atoms with E-state index in [2.05, 4.69) is 41.2 Å². The highest BCUT2D eigenvalue weighted by Crippen LogP contribution is 2.35. The van der Waals surface area contributed by atoms with Crippen molar-refractivity contribution in [3.05, 3.63) is 35.1 Å². The fourth-order valence-electron chi connectivity index (χ4n) is 2.89. The maximum absolute atomic E-state index is 10.5. The summed E-state index contributed by atoms with van der Waals surface area (Å²) < 4.78 is 4.84. The number of carbonyl (C=O) groups is 1. The van der Waals surface area contributed by atoms with Crippen molar-refractivity contribution in [2.24, 2.45) is 0 Å². The second kappa shape index (κ2) is 8.79. The van der Waals surface area contributed by atoms with E-state index in [9.17, 15) is 4.79 Å². The summed E-state index contributed by atoms with van der Waals surface area (Å²) in [6.07, 6.45) is 2.81. The van der Waals surface area contributed by atoms with Crippen LogP contribution in [0.4, 0.5) is 10.5 Å². The highest BCUT2D eigenvalue weighted by Gasteiger charge is 2.19. The number of aromatic nitrogens is 1. The Kier molecular flexibility index (Phi) is 6.93. The predicted molar refractivity (Wildman–Crippen MR) is 113 cm³/mol. The molecule has 3 rings (SSSR count). The predicted octanol–water partition coefficient (Wildman–Crippen LogP) is 5.36. The molecule has 0 radical (unpaired) electrons. The summed E-state index contributed by atoms with van der Waals surface area (Å²) in [6.45, 7) is 12.2. The van der Waals surface area contributed by atoms with E-state index in [0.29, 0.717) is 11.1 Å². The van der Waals surface area contributed by atoms with Crippen molar-refractivity contribution < 1.29 is 9.53 Å². The Morgan fingerprint density at radius 3 is 2.37 bits per heavy atom. The molecule has 1 aromatic heterocycles. The van der Waals surface area contributed by atoms with Crippen LogP contribution in [0.1, 0.15) is 52.5 Å². The maximum Gasteiger partial charge on any atom is 0.407 e. The van der Waals surface area contributed by atoms with Crippen molar-refractivity contribution in [1.29, 1.82) is 0 Å². The number of benzene rings is 1. The number of nitrogens with zero attached hydrogens (tertiary/aromatic N) is 2. The molecule has 2 aromatic rings. The van der Waals surface area contributed by atoms with Crippen LogP contribution in [-0.4, -0.2) is 36.8 Å². The monoisotopic (exact) mass is 391 g/mol. The molecule has 1 saturated heterocycles. The van der Waals surface area contributed by atoms with E-state index in [1.54, 1.807) is 0 Å². The summed E-state index contributed by atoms with van der Waals surface area (Å²) in [5.41, 5.74) is 2.25. The summed E-state index contributed by atoms with van der Waals surface area (Å²) in [7, 11) is 1.54.